The van der Waals surface area contributed by atoms with E-state index in [1.807, 2.05) is 0 Å². The third kappa shape index (κ3) is 12.9. The van der Waals surface area contributed by atoms with Crippen LogP contribution in [0.4, 0.5) is 0 Å². The van der Waals surface area contributed by atoms with Crippen molar-refractivity contribution in [3.8, 4) is 0 Å². The van der Waals surface area contributed by atoms with Crippen molar-refractivity contribution in [2.24, 2.45) is 0 Å². The number of hydrogen-bond acceptors (Lipinski definition) is 6. The molecule has 6 aliphatic carbocycles. The van der Waals surface area contributed by atoms with Crippen LogP contribution in [0.1, 0.15) is 38.5 Å². The fourth-order valence-corrected chi connectivity index (χ4v) is 8.69. The second-order valence-electron chi connectivity index (χ2n) is 16.4. The highest BCUT2D eigenvalue weighted by Gasteiger charge is 2.21. The highest BCUT2D eigenvalue weighted by atomic mass is 15.3. The summed E-state index contributed by atoms with van der Waals surface area (Å²) >= 11 is 0. The highest BCUT2D eigenvalue weighted by molar-refractivity contribution is 5.28. The Hall–Kier alpha value is -3.36. The molecule has 0 atom stereocenters. The van der Waals surface area contributed by atoms with E-state index in [1.165, 1.54) is 0 Å². The van der Waals surface area contributed by atoms with Crippen molar-refractivity contribution in [3.05, 3.63) is 143 Å². The van der Waals surface area contributed by atoms with Crippen molar-refractivity contribution in [3.63, 3.8) is 0 Å². The number of rotatable bonds is 12. The molecule has 288 valence electrons. The SMILES string of the molecule is C1=CCC(CN2CCN(CC3=CC=CC3)CCN(CC3=CC=CC3)CCN(CC3=CC=CC3)CCN(CC3=CC=CC3)CCN(CC3=CC=CC3)CC2)=C1. The minimum absolute atomic E-state index is 1.07. The molecule has 6 nitrogen and oxygen atoms in total. The predicted octanol–water partition coefficient (Wildman–Crippen LogP) is 7.13. The van der Waals surface area contributed by atoms with Crippen LogP contribution >= 0.6 is 0 Å². The van der Waals surface area contributed by atoms with E-state index in [-0.39, 0.29) is 0 Å². The molecule has 7 aliphatic rings. The van der Waals surface area contributed by atoms with Gasteiger partial charge in [0.1, 0.15) is 0 Å². The van der Waals surface area contributed by atoms with Crippen LogP contribution in [0.3, 0.4) is 0 Å². The van der Waals surface area contributed by atoms with Gasteiger partial charge in [-0.2, -0.15) is 0 Å². The van der Waals surface area contributed by atoms with Crippen molar-refractivity contribution in [1.82, 2.24) is 29.4 Å². The maximum Gasteiger partial charge on any atom is 0.0200 e. The van der Waals surface area contributed by atoms with Crippen LogP contribution in [0.5, 0.6) is 0 Å². The molecule has 0 aromatic heterocycles. The Kier molecular flexibility index (Phi) is 15.2. The average Bonchev–Trinajstić information content (AvgIpc) is 4.03. The van der Waals surface area contributed by atoms with E-state index in [1.54, 1.807) is 33.4 Å². The fraction of sp³-hybridized carbons (Fsp3) is 0.500. The van der Waals surface area contributed by atoms with Crippen molar-refractivity contribution >= 4 is 0 Å². The van der Waals surface area contributed by atoms with Crippen LogP contribution in [0.15, 0.2) is 143 Å². The summed E-state index contributed by atoms with van der Waals surface area (Å²) in [6.45, 7) is 19.7. The Balaban J connectivity index is 1.11. The van der Waals surface area contributed by atoms with Crippen molar-refractivity contribution < 1.29 is 0 Å². The first-order valence-electron chi connectivity index (χ1n) is 21.1. The van der Waals surface area contributed by atoms with Gasteiger partial charge in [-0.1, -0.05) is 143 Å². The molecule has 0 bridgehead atoms. The molecule has 0 radical (unpaired) electrons. The predicted molar refractivity (Wildman–Crippen MR) is 230 cm³/mol. The van der Waals surface area contributed by atoms with E-state index in [2.05, 4.69) is 139 Å². The third-order valence-electron chi connectivity index (χ3n) is 12.0. The zero-order chi connectivity index (χ0) is 36.6. The Bertz CT molecular complexity index is 1290. The lowest BCUT2D eigenvalue weighted by molar-refractivity contribution is 0.148. The smallest absolute Gasteiger partial charge is 0.0200 e. The fourth-order valence-electron chi connectivity index (χ4n) is 8.69. The normalized spacial score (nSPS) is 24.7. The summed E-state index contributed by atoms with van der Waals surface area (Å²) < 4.78 is 0. The molecule has 0 aromatic rings. The summed E-state index contributed by atoms with van der Waals surface area (Å²) in [5.41, 5.74) is 9.35. The highest BCUT2D eigenvalue weighted by Crippen LogP contribution is 2.19. The zero-order valence-electron chi connectivity index (χ0n) is 33.0. The number of allylic oxidation sites excluding steroid dienone is 18. The second-order valence-corrected chi connectivity index (χ2v) is 16.4. The lowest BCUT2D eigenvalue weighted by Gasteiger charge is -2.35. The Labute approximate surface area is 327 Å². The van der Waals surface area contributed by atoms with E-state index in [0.717, 1.165) is 156 Å². The molecule has 1 aliphatic heterocycles. The van der Waals surface area contributed by atoms with Crippen LogP contribution < -0.4 is 0 Å². The van der Waals surface area contributed by atoms with Crippen LogP contribution in [0.2, 0.25) is 0 Å². The maximum absolute atomic E-state index is 2.77. The molecule has 54 heavy (non-hydrogen) atoms. The third-order valence-corrected chi connectivity index (χ3v) is 12.0. The molecule has 1 heterocycles. The Morgan fingerprint density at radius 2 is 0.389 bits per heavy atom. The van der Waals surface area contributed by atoms with Crippen molar-refractivity contribution in [2.75, 3.05) is 118 Å². The molecule has 0 saturated carbocycles. The largest absolute Gasteiger partial charge is 0.297 e. The minimum Gasteiger partial charge on any atom is -0.297 e. The molecule has 1 saturated heterocycles. The molecule has 0 amide bonds. The van der Waals surface area contributed by atoms with Gasteiger partial charge in [-0.15, -0.1) is 0 Å². The molecule has 0 N–H and O–H groups in total. The van der Waals surface area contributed by atoms with Gasteiger partial charge in [-0.3, -0.25) is 29.4 Å². The van der Waals surface area contributed by atoms with E-state index in [0.29, 0.717) is 0 Å². The van der Waals surface area contributed by atoms with Crippen LogP contribution in [0.25, 0.3) is 0 Å². The number of nitrogens with zero attached hydrogens (tertiary/aromatic N) is 6. The maximum atomic E-state index is 2.77. The van der Waals surface area contributed by atoms with Gasteiger partial charge in [-0.25, -0.2) is 0 Å². The van der Waals surface area contributed by atoms with Gasteiger partial charge in [-0.05, 0) is 38.5 Å². The monoisotopic (exact) mass is 727 g/mol. The van der Waals surface area contributed by atoms with Gasteiger partial charge in [0.25, 0.3) is 0 Å². The zero-order valence-corrected chi connectivity index (χ0v) is 33.0. The molecule has 1 fully saturated rings. The van der Waals surface area contributed by atoms with Gasteiger partial charge >= 0.3 is 0 Å². The van der Waals surface area contributed by atoms with Crippen LogP contribution in [-0.2, 0) is 0 Å². The van der Waals surface area contributed by atoms with Crippen LogP contribution in [-0.4, -0.2) is 147 Å². The minimum atomic E-state index is 1.07. The summed E-state index contributed by atoms with van der Waals surface area (Å²) in [6, 6.07) is 0. The molecule has 0 spiro atoms. The van der Waals surface area contributed by atoms with E-state index >= 15 is 0 Å². The van der Waals surface area contributed by atoms with E-state index in [9.17, 15) is 0 Å². The first-order valence-corrected chi connectivity index (χ1v) is 21.1. The molecule has 0 aromatic carbocycles. The van der Waals surface area contributed by atoms with Gasteiger partial charge < -0.3 is 0 Å². The summed E-state index contributed by atoms with van der Waals surface area (Å²) in [4.78, 5) is 16.6. The molecule has 0 unspecified atom stereocenters. The Morgan fingerprint density at radius 1 is 0.241 bits per heavy atom. The molecule has 6 heteroatoms. The van der Waals surface area contributed by atoms with Crippen LogP contribution in [0, 0.1) is 0 Å². The topological polar surface area (TPSA) is 19.4 Å². The van der Waals surface area contributed by atoms with Gasteiger partial charge in [0.2, 0.25) is 0 Å². The lowest BCUT2D eigenvalue weighted by Crippen LogP contribution is -2.47. The summed E-state index contributed by atoms with van der Waals surface area (Å²) in [7, 11) is 0. The molecule has 7 rings (SSSR count). The summed E-state index contributed by atoms with van der Waals surface area (Å²) in [5.74, 6) is 0. The summed E-state index contributed by atoms with van der Waals surface area (Å²) in [6.07, 6.45) is 48.3. The van der Waals surface area contributed by atoms with Gasteiger partial charge in [0, 0.05) is 118 Å². The van der Waals surface area contributed by atoms with E-state index < -0.39 is 0 Å². The molecular formula is C48H66N6. The summed E-state index contributed by atoms with van der Waals surface area (Å²) in [5, 5.41) is 0. The second kappa shape index (κ2) is 21.1. The average molecular weight is 727 g/mol. The first kappa shape index (κ1) is 38.9. The Morgan fingerprint density at radius 3 is 0.500 bits per heavy atom. The van der Waals surface area contributed by atoms with Gasteiger partial charge in [0.05, 0.1) is 0 Å². The quantitative estimate of drug-likeness (QED) is 0.212. The lowest BCUT2D eigenvalue weighted by atomic mass is 10.2. The van der Waals surface area contributed by atoms with Crippen molar-refractivity contribution in [1.29, 1.82) is 0 Å². The number of hydrogen-bond donors (Lipinski definition) is 0. The standard InChI is InChI=1S/C48H66N6/c1-2-14-43(13-1)37-49-25-27-50(38-44-15-3-4-16-44)29-31-52(40-46-19-7-8-20-46)33-35-54(42-48-23-11-12-24-48)36-34-53(41-47-21-9-10-22-47)32-30-51(28-26-49)39-45-17-5-6-18-45/h1-13,15,17,19,21,23H,14,16,18,20,22,24-42H2. The van der Waals surface area contributed by atoms with E-state index in [4.69, 9.17) is 0 Å². The first-order chi connectivity index (χ1) is 26.7. The van der Waals surface area contributed by atoms with Crippen molar-refractivity contribution in [2.45, 2.75) is 38.5 Å². The van der Waals surface area contributed by atoms with Gasteiger partial charge in [0.15, 0.2) is 0 Å². The molecular weight excluding hydrogens is 661 g/mol.